The fraction of sp³-hybridized carbons (Fsp3) is 1.00. The Morgan fingerprint density at radius 3 is 2.79 bits per heavy atom. The lowest BCUT2D eigenvalue weighted by molar-refractivity contribution is 0.142. The average molecular weight is 215 g/mol. The fourth-order valence-corrected chi connectivity index (χ4v) is 3.27. The second-order valence-corrected chi connectivity index (χ2v) is 6.55. The van der Waals surface area contributed by atoms with Crippen LogP contribution in [0.15, 0.2) is 0 Å². The first-order valence-corrected chi connectivity index (χ1v) is 6.65. The van der Waals surface area contributed by atoms with Crippen molar-refractivity contribution in [2.24, 2.45) is 0 Å². The Kier molecular flexibility index (Phi) is 3.40. The van der Waals surface area contributed by atoms with Crippen molar-refractivity contribution in [3.8, 4) is 0 Å². The number of nitrogens with one attached hydrogen (secondary N) is 1. The summed E-state index contributed by atoms with van der Waals surface area (Å²) in [6, 6.07) is 1.42. The highest BCUT2D eigenvalue weighted by molar-refractivity contribution is 8.02. The molecule has 1 N–H and O–H groups in total. The maximum atomic E-state index is 5.46. The minimum atomic E-state index is 0.452. The number of rotatable bonds is 2. The van der Waals surface area contributed by atoms with E-state index in [4.69, 9.17) is 4.74 Å². The van der Waals surface area contributed by atoms with Crippen LogP contribution in [0.1, 0.15) is 33.1 Å². The molecule has 2 fully saturated rings. The molecule has 2 heterocycles. The number of thioether (sulfide) groups is 1. The van der Waals surface area contributed by atoms with Gasteiger partial charge >= 0.3 is 0 Å². The van der Waals surface area contributed by atoms with Gasteiger partial charge in [0.25, 0.3) is 0 Å². The number of ether oxygens (including phenoxy) is 1. The van der Waals surface area contributed by atoms with Gasteiger partial charge in [0, 0.05) is 35.8 Å². The summed E-state index contributed by atoms with van der Waals surface area (Å²) < 4.78 is 5.92. The van der Waals surface area contributed by atoms with Crippen LogP contribution in [-0.2, 0) is 4.74 Å². The van der Waals surface area contributed by atoms with Gasteiger partial charge in [-0.15, -0.1) is 0 Å². The van der Waals surface area contributed by atoms with E-state index in [1.165, 1.54) is 25.0 Å². The van der Waals surface area contributed by atoms with Crippen LogP contribution in [0.5, 0.6) is 0 Å². The summed E-state index contributed by atoms with van der Waals surface area (Å²) in [4.78, 5) is 0. The van der Waals surface area contributed by atoms with Crippen LogP contribution in [0.4, 0.5) is 0 Å². The molecule has 2 aliphatic rings. The highest BCUT2D eigenvalue weighted by atomic mass is 32.2. The summed E-state index contributed by atoms with van der Waals surface area (Å²) >= 11 is 2.07. The van der Waals surface area contributed by atoms with Crippen LogP contribution in [0, 0.1) is 0 Å². The van der Waals surface area contributed by atoms with Gasteiger partial charge in [0.2, 0.25) is 0 Å². The highest BCUT2D eigenvalue weighted by Gasteiger charge is 2.40. The molecule has 0 aromatic carbocycles. The summed E-state index contributed by atoms with van der Waals surface area (Å²) in [6.07, 6.45) is 3.70. The lowest BCUT2D eigenvalue weighted by atomic mass is 10.0. The quantitative estimate of drug-likeness (QED) is 0.761. The minimum Gasteiger partial charge on any atom is -0.381 e. The fourth-order valence-electron chi connectivity index (χ4n) is 2.10. The van der Waals surface area contributed by atoms with Crippen molar-refractivity contribution in [1.29, 1.82) is 0 Å². The Morgan fingerprint density at radius 1 is 1.29 bits per heavy atom. The Labute approximate surface area is 91.2 Å². The Morgan fingerprint density at radius 2 is 2.14 bits per heavy atom. The lowest BCUT2D eigenvalue weighted by Gasteiger charge is -2.45. The van der Waals surface area contributed by atoms with Crippen molar-refractivity contribution in [3.63, 3.8) is 0 Å². The van der Waals surface area contributed by atoms with Gasteiger partial charge in [0.1, 0.15) is 0 Å². The van der Waals surface area contributed by atoms with Crippen molar-refractivity contribution in [3.05, 3.63) is 0 Å². The third-order valence-corrected chi connectivity index (χ3v) is 4.88. The van der Waals surface area contributed by atoms with Crippen LogP contribution < -0.4 is 5.32 Å². The monoisotopic (exact) mass is 215 g/mol. The largest absolute Gasteiger partial charge is 0.381 e. The highest BCUT2D eigenvalue weighted by Crippen LogP contribution is 2.40. The summed E-state index contributed by atoms with van der Waals surface area (Å²) in [5, 5.41) is 3.78. The standard InChI is InChI=1S/C11H21NOS/c1-11(2)10(8-14-11)12-9-4-3-6-13-7-5-9/h9-10,12H,3-8H2,1-2H3. The average Bonchev–Trinajstić information content (AvgIpc) is 2.41. The Hall–Kier alpha value is 0.270. The zero-order valence-electron chi connectivity index (χ0n) is 9.21. The Bertz CT molecular complexity index is 188. The topological polar surface area (TPSA) is 21.3 Å². The molecule has 2 rings (SSSR count). The number of hydrogen-bond donors (Lipinski definition) is 1. The molecule has 3 heteroatoms. The van der Waals surface area contributed by atoms with Gasteiger partial charge in [-0.1, -0.05) is 0 Å². The molecule has 2 nitrogen and oxygen atoms in total. The van der Waals surface area contributed by atoms with Gasteiger partial charge in [0.15, 0.2) is 0 Å². The molecule has 0 amide bonds. The first-order valence-electron chi connectivity index (χ1n) is 5.66. The van der Waals surface area contributed by atoms with Gasteiger partial charge in [-0.2, -0.15) is 11.8 Å². The van der Waals surface area contributed by atoms with Crippen LogP contribution >= 0.6 is 11.8 Å². The molecule has 0 bridgehead atoms. The second kappa shape index (κ2) is 4.42. The summed E-state index contributed by atoms with van der Waals surface area (Å²) in [6.45, 7) is 6.58. The zero-order chi connectivity index (χ0) is 10.0. The van der Waals surface area contributed by atoms with Crippen LogP contribution in [0.25, 0.3) is 0 Å². The van der Waals surface area contributed by atoms with E-state index in [0.717, 1.165) is 19.3 Å². The predicted molar refractivity (Wildman–Crippen MR) is 61.9 cm³/mol. The van der Waals surface area contributed by atoms with Gasteiger partial charge < -0.3 is 10.1 Å². The van der Waals surface area contributed by atoms with Gasteiger partial charge in [-0.3, -0.25) is 0 Å². The third-order valence-electron chi connectivity index (χ3n) is 3.35. The van der Waals surface area contributed by atoms with Crippen molar-refractivity contribution in [2.45, 2.75) is 49.9 Å². The van der Waals surface area contributed by atoms with Crippen molar-refractivity contribution in [1.82, 2.24) is 5.32 Å². The lowest BCUT2D eigenvalue weighted by Crippen LogP contribution is -2.57. The van der Waals surface area contributed by atoms with E-state index in [0.29, 0.717) is 10.8 Å². The van der Waals surface area contributed by atoms with E-state index in [-0.39, 0.29) is 0 Å². The third kappa shape index (κ3) is 2.44. The molecule has 0 aliphatic carbocycles. The second-order valence-electron chi connectivity index (χ2n) is 4.87. The molecule has 0 aromatic heterocycles. The molecule has 0 spiro atoms. The van der Waals surface area contributed by atoms with Crippen LogP contribution in [0.2, 0.25) is 0 Å². The molecule has 82 valence electrons. The minimum absolute atomic E-state index is 0.452. The normalized spacial score (nSPS) is 37.3. The molecule has 2 aliphatic heterocycles. The molecular formula is C11H21NOS. The molecule has 0 aromatic rings. The van der Waals surface area contributed by atoms with E-state index < -0.39 is 0 Å². The van der Waals surface area contributed by atoms with E-state index in [9.17, 15) is 0 Å². The number of hydrogen-bond acceptors (Lipinski definition) is 3. The van der Waals surface area contributed by atoms with E-state index in [2.05, 4.69) is 30.9 Å². The van der Waals surface area contributed by atoms with Gasteiger partial charge in [0.05, 0.1) is 0 Å². The van der Waals surface area contributed by atoms with Crippen molar-refractivity contribution < 1.29 is 4.74 Å². The van der Waals surface area contributed by atoms with Crippen molar-refractivity contribution >= 4 is 11.8 Å². The zero-order valence-corrected chi connectivity index (χ0v) is 10.0. The van der Waals surface area contributed by atoms with E-state index >= 15 is 0 Å². The Balaban J connectivity index is 1.78. The summed E-state index contributed by atoms with van der Waals surface area (Å²) in [5.74, 6) is 1.28. The molecule has 0 radical (unpaired) electrons. The van der Waals surface area contributed by atoms with E-state index in [1.807, 2.05) is 0 Å². The van der Waals surface area contributed by atoms with Crippen LogP contribution in [0.3, 0.4) is 0 Å². The molecule has 2 saturated heterocycles. The molecule has 0 saturated carbocycles. The predicted octanol–water partition coefficient (Wildman–Crippen LogP) is 2.04. The van der Waals surface area contributed by atoms with Gasteiger partial charge in [-0.05, 0) is 33.1 Å². The first kappa shape index (κ1) is 10.8. The first-order chi connectivity index (χ1) is 6.68. The smallest absolute Gasteiger partial charge is 0.0480 e. The molecular weight excluding hydrogens is 194 g/mol. The molecule has 2 atom stereocenters. The van der Waals surface area contributed by atoms with Crippen LogP contribution in [-0.4, -0.2) is 35.8 Å². The van der Waals surface area contributed by atoms with Gasteiger partial charge in [-0.25, -0.2) is 0 Å². The van der Waals surface area contributed by atoms with E-state index in [1.54, 1.807) is 0 Å². The van der Waals surface area contributed by atoms with Crippen molar-refractivity contribution in [2.75, 3.05) is 19.0 Å². The summed E-state index contributed by atoms with van der Waals surface area (Å²) in [7, 11) is 0. The maximum Gasteiger partial charge on any atom is 0.0480 e. The maximum absolute atomic E-state index is 5.46. The SMILES string of the molecule is CC1(C)SCC1NC1CCCOCC1. The summed E-state index contributed by atoms with van der Waals surface area (Å²) in [5.41, 5.74) is 0. The molecule has 14 heavy (non-hydrogen) atoms. The molecule has 2 unspecified atom stereocenters.